The van der Waals surface area contributed by atoms with E-state index < -0.39 is 0 Å². The molecule has 1 heterocycles. The highest BCUT2D eigenvalue weighted by atomic mass is 35.5. The van der Waals surface area contributed by atoms with E-state index in [9.17, 15) is 0 Å². The zero-order valence-corrected chi connectivity index (χ0v) is 11.4. The molecule has 1 N–H and O–H groups in total. The molecule has 4 heteroatoms. The molecule has 1 aliphatic heterocycles. The first-order chi connectivity index (χ1) is 8.20. The van der Waals surface area contributed by atoms with E-state index in [4.69, 9.17) is 27.9 Å². The van der Waals surface area contributed by atoms with Crippen molar-refractivity contribution in [3.8, 4) is 0 Å². The van der Waals surface area contributed by atoms with Gasteiger partial charge >= 0.3 is 0 Å². The summed E-state index contributed by atoms with van der Waals surface area (Å²) < 4.78 is 5.85. The maximum absolute atomic E-state index is 6.02. The van der Waals surface area contributed by atoms with E-state index in [1.165, 1.54) is 0 Å². The van der Waals surface area contributed by atoms with Gasteiger partial charge in [0.2, 0.25) is 0 Å². The second-order valence-electron chi connectivity index (χ2n) is 4.34. The lowest BCUT2D eigenvalue weighted by Gasteiger charge is -2.16. The number of ether oxygens (including phenoxy) is 1. The van der Waals surface area contributed by atoms with Crippen molar-refractivity contribution in [2.45, 2.75) is 31.9 Å². The van der Waals surface area contributed by atoms with Crippen LogP contribution in [0.3, 0.4) is 0 Å². The average Bonchev–Trinajstić information content (AvgIpc) is 2.58. The van der Waals surface area contributed by atoms with Gasteiger partial charge in [0.15, 0.2) is 0 Å². The van der Waals surface area contributed by atoms with Gasteiger partial charge in [-0.3, -0.25) is 0 Å². The minimum absolute atomic E-state index is 0.0707. The third-order valence-corrected chi connectivity index (χ3v) is 3.92. The summed E-state index contributed by atoms with van der Waals surface area (Å²) in [4.78, 5) is 0. The van der Waals surface area contributed by atoms with Crippen molar-refractivity contribution in [3.05, 3.63) is 33.8 Å². The summed E-state index contributed by atoms with van der Waals surface area (Å²) in [6.07, 6.45) is 2.27. The molecule has 1 aromatic carbocycles. The van der Waals surface area contributed by atoms with Gasteiger partial charge in [-0.25, -0.2) is 0 Å². The highest BCUT2D eigenvalue weighted by molar-refractivity contribution is 6.42. The Morgan fingerprint density at radius 2 is 2.18 bits per heavy atom. The van der Waals surface area contributed by atoms with Crippen molar-refractivity contribution in [3.63, 3.8) is 0 Å². The number of hydrogen-bond donors (Lipinski definition) is 1. The Morgan fingerprint density at radius 1 is 1.35 bits per heavy atom. The van der Waals surface area contributed by atoms with E-state index in [1.807, 2.05) is 18.2 Å². The van der Waals surface area contributed by atoms with E-state index in [0.717, 1.165) is 31.6 Å². The zero-order chi connectivity index (χ0) is 12.3. The lowest BCUT2D eigenvalue weighted by atomic mass is 10.1. The Bertz CT molecular complexity index is 384. The number of nitrogens with one attached hydrogen (secondary N) is 1. The molecule has 2 nitrogen and oxygen atoms in total. The SMILES string of the molecule is CCC1CCOC(c2ccc(Cl)c(Cl)c2)CN1. The van der Waals surface area contributed by atoms with Crippen LogP contribution in [-0.2, 0) is 4.74 Å². The number of rotatable bonds is 2. The Balaban J connectivity index is 2.08. The lowest BCUT2D eigenvalue weighted by molar-refractivity contribution is 0.0663. The molecule has 1 fully saturated rings. The zero-order valence-electron chi connectivity index (χ0n) is 9.88. The Labute approximate surface area is 112 Å². The van der Waals surface area contributed by atoms with Gasteiger partial charge in [-0.1, -0.05) is 36.2 Å². The molecule has 0 radical (unpaired) electrons. The molecular weight excluding hydrogens is 257 g/mol. The van der Waals surface area contributed by atoms with Crippen LogP contribution < -0.4 is 5.32 Å². The highest BCUT2D eigenvalue weighted by Gasteiger charge is 2.19. The topological polar surface area (TPSA) is 21.3 Å². The second-order valence-corrected chi connectivity index (χ2v) is 5.15. The predicted molar refractivity (Wildman–Crippen MR) is 71.9 cm³/mol. The van der Waals surface area contributed by atoms with Crippen molar-refractivity contribution < 1.29 is 4.74 Å². The summed E-state index contributed by atoms with van der Waals surface area (Å²) in [6, 6.07) is 6.25. The molecular formula is C13H17Cl2NO. The molecule has 0 amide bonds. The van der Waals surface area contributed by atoms with Crippen LogP contribution in [0.15, 0.2) is 18.2 Å². The predicted octanol–water partition coefficient (Wildman–Crippen LogP) is 3.82. The summed E-state index contributed by atoms with van der Waals surface area (Å²) in [5.41, 5.74) is 1.09. The third kappa shape index (κ3) is 3.35. The van der Waals surface area contributed by atoms with Crippen LogP contribution in [0.1, 0.15) is 31.4 Å². The van der Waals surface area contributed by atoms with E-state index >= 15 is 0 Å². The van der Waals surface area contributed by atoms with Crippen molar-refractivity contribution in [1.82, 2.24) is 5.32 Å². The fraction of sp³-hybridized carbons (Fsp3) is 0.538. The molecule has 2 rings (SSSR count). The van der Waals surface area contributed by atoms with E-state index in [-0.39, 0.29) is 6.10 Å². The fourth-order valence-corrected chi connectivity index (χ4v) is 2.37. The molecule has 0 spiro atoms. The maximum Gasteiger partial charge on any atom is 0.0949 e. The standard InChI is InChI=1S/C13H17Cl2NO/c1-2-10-5-6-17-13(8-16-10)9-3-4-11(14)12(15)7-9/h3-4,7,10,13,16H,2,5-6,8H2,1H3. The summed E-state index contributed by atoms with van der Waals surface area (Å²) in [5.74, 6) is 0. The maximum atomic E-state index is 6.02. The van der Waals surface area contributed by atoms with Gasteiger partial charge in [-0.15, -0.1) is 0 Å². The van der Waals surface area contributed by atoms with Crippen LogP contribution >= 0.6 is 23.2 Å². The molecule has 0 bridgehead atoms. The molecule has 0 saturated carbocycles. The third-order valence-electron chi connectivity index (χ3n) is 3.19. The Hall–Kier alpha value is -0.280. The fourth-order valence-electron chi connectivity index (χ4n) is 2.06. The minimum atomic E-state index is 0.0707. The van der Waals surface area contributed by atoms with Crippen LogP contribution in [0.4, 0.5) is 0 Å². The van der Waals surface area contributed by atoms with Crippen LogP contribution in [0.5, 0.6) is 0 Å². The highest BCUT2D eigenvalue weighted by Crippen LogP contribution is 2.28. The Kier molecular flexibility index (Phi) is 4.69. The van der Waals surface area contributed by atoms with E-state index in [1.54, 1.807) is 0 Å². The smallest absolute Gasteiger partial charge is 0.0949 e. The van der Waals surface area contributed by atoms with Gasteiger partial charge in [0.1, 0.15) is 0 Å². The van der Waals surface area contributed by atoms with Crippen molar-refractivity contribution in [2.75, 3.05) is 13.2 Å². The summed E-state index contributed by atoms with van der Waals surface area (Å²) in [5, 5.41) is 4.69. The number of hydrogen-bond acceptors (Lipinski definition) is 2. The van der Waals surface area contributed by atoms with Crippen molar-refractivity contribution >= 4 is 23.2 Å². The van der Waals surface area contributed by atoms with Gasteiger partial charge < -0.3 is 10.1 Å². The van der Waals surface area contributed by atoms with Crippen molar-refractivity contribution in [2.24, 2.45) is 0 Å². The molecule has 2 atom stereocenters. The van der Waals surface area contributed by atoms with Crippen LogP contribution in [0.2, 0.25) is 10.0 Å². The summed E-state index contributed by atoms with van der Waals surface area (Å²) in [6.45, 7) is 3.81. The average molecular weight is 274 g/mol. The van der Waals surface area contributed by atoms with E-state index in [0.29, 0.717) is 16.1 Å². The largest absolute Gasteiger partial charge is 0.372 e. The van der Waals surface area contributed by atoms with Gasteiger partial charge in [-0.2, -0.15) is 0 Å². The van der Waals surface area contributed by atoms with Crippen LogP contribution in [0.25, 0.3) is 0 Å². The first-order valence-electron chi connectivity index (χ1n) is 6.00. The van der Waals surface area contributed by atoms with Gasteiger partial charge in [0.25, 0.3) is 0 Å². The molecule has 1 aliphatic rings. The molecule has 17 heavy (non-hydrogen) atoms. The van der Waals surface area contributed by atoms with Crippen molar-refractivity contribution in [1.29, 1.82) is 0 Å². The first kappa shape index (κ1) is 13.2. The number of halogens is 2. The minimum Gasteiger partial charge on any atom is -0.372 e. The molecule has 0 aromatic heterocycles. The molecule has 1 aromatic rings. The van der Waals surface area contributed by atoms with Gasteiger partial charge in [-0.05, 0) is 30.5 Å². The molecule has 94 valence electrons. The normalized spacial score (nSPS) is 25.6. The quantitative estimate of drug-likeness (QED) is 0.885. The monoisotopic (exact) mass is 273 g/mol. The summed E-state index contributed by atoms with van der Waals surface area (Å²) in [7, 11) is 0. The van der Waals surface area contributed by atoms with Gasteiger partial charge in [0.05, 0.1) is 16.1 Å². The first-order valence-corrected chi connectivity index (χ1v) is 6.76. The van der Waals surface area contributed by atoms with E-state index in [2.05, 4.69) is 12.2 Å². The number of benzene rings is 1. The summed E-state index contributed by atoms with van der Waals surface area (Å²) >= 11 is 11.9. The Morgan fingerprint density at radius 3 is 2.88 bits per heavy atom. The van der Waals surface area contributed by atoms with Crippen LogP contribution in [-0.4, -0.2) is 19.2 Å². The second kappa shape index (κ2) is 6.05. The van der Waals surface area contributed by atoms with Gasteiger partial charge in [0, 0.05) is 19.2 Å². The molecule has 0 aliphatic carbocycles. The molecule has 2 unspecified atom stereocenters. The lowest BCUT2D eigenvalue weighted by Crippen LogP contribution is -2.29. The molecule has 1 saturated heterocycles. The van der Waals surface area contributed by atoms with Crippen LogP contribution in [0, 0.1) is 0 Å².